The molecular formula is C15H16N2O5S. The number of aliphatic hydroxyl groups excluding tert-OH is 1. The van der Waals surface area contributed by atoms with Crippen LogP contribution in [0.4, 0.5) is 0 Å². The molecule has 122 valence electrons. The average Bonchev–Trinajstić information content (AvgIpc) is 3.05. The monoisotopic (exact) mass is 336 g/mol. The Bertz CT molecular complexity index is 678. The molecule has 1 aromatic rings. The highest BCUT2D eigenvalue weighted by Gasteiger charge is 2.48. The maximum absolute atomic E-state index is 12.5. The predicted octanol–water partition coefficient (Wildman–Crippen LogP) is 0.207. The SMILES string of the molecule is C[C@@H](O)[C@H](NC(=O)[C@H]1CS[C@H]2c3ccccc3C(=O)N12)C(=O)O. The third kappa shape index (κ3) is 2.57. The number of hydrogen-bond donors (Lipinski definition) is 3. The molecular weight excluding hydrogens is 320 g/mol. The maximum Gasteiger partial charge on any atom is 0.328 e. The smallest absolute Gasteiger partial charge is 0.328 e. The molecule has 7 nitrogen and oxygen atoms in total. The zero-order valence-electron chi connectivity index (χ0n) is 12.3. The van der Waals surface area contributed by atoms with Crippen LogP contribution in [0.2, 0.25) is 0 Å². The molecule has 23 heavy (non-hydrogen) atoms. The number of benzene rings is 1. The average molecular weight is 336 g/mol. The van der Waals surface area contributed by atoms with E-state index in [0.29, 0.717) is 11.3 Å². The number of carboxylic acid groups (broad SMARTS) is 1. The molecule has 0 saturated carbocycles. The Hall–Kier alpha value is -2.06. The molecule has 2 aliphatic rings. The fourth-order valence-corrected chi connectivity index (χ4v) is 4.35. The molecule has 0 radical (unpaired) electrons. The summed E-state index contributed by atoms with van der Waals surface area (Å²) >= 11 is 1.47. The first-order valence-electron chi connectivity index (χ1n) is 7.16. The van der Waals surface area contributed by atoms with E-state index < -0.39 is 30.1 Å². The third-order valence-corrected chi connectivity index (χ3v) is 5.35. The van der Waals surface area contributed by atoms with Crippen molar-refractivity contribution in [1.29, 1.82) is 0 Å². The van der Waals surface area contributed by atoms with Gasteiger partial charge in [-0.2, -0.15) is 0 Å². The number of nitrogens with one attached hydrogen (secondary N) is 1. The molecule has 0 aromatic heterocycles. The molecule has 1 saturated heterocycles. The lowest BCUT2D eigenvalue weighted by molar-refractivity contribution is -0.145. The van der Waals surface area contributed by atoms with Crippen LogP contribution in [-0.2, 0) is 9.59 Å². The molecule has 2 aliphatic heterocycles. The van der Waals surface area contributed by atoms with Crippen molar-refractivity contribution < 1.29 is 24.6 Å². The summed E-state index contributed by atoms with van der Waals surface area (Å²) in [6.45, 7) is 1.29. The van der Waals surface area contributed by atoms with Gasteiger partial charge in [-0.05, 0) is 18.6 Å². The molecule has 0 spiro atoms. The normalized spacial score (nSPS) is 24.8. The molecule has 1 aromatic carbocycles. The second-order valence-electron chi connectivity index (χ2n) is 5.57. The minimum atomic E-state index is -1.40. The zero-order chi connectivity index (χ0) is 16.7. The number of carbonyl (C=O) groups excluding carboxylic acids is 2. The summed E-state index contributed by atoms with van der Waals surface area (Å²) in [5, 5.41) is 20.6. The van der Waals surface area contributed by atoms with Crippen molar-refractivity contribution in [2.24, 2.45) is 0 Å². The zero-order valence-corrected chi connectivity index (χ0v) is 13.1. The maximum atomic E-state index is 12.5. The molecule has 0 bridgehead atoms. The Morgan fingerprint density at radius 1 is 1.39 bits per heavy atom. The molecule has 4 atom stereocenters. The van der Waals surface area contributed by atoms with E-state index in [2.05, 4.69) is 5.32 Å². The van der Waals surface area contributed by atoms with Crippen molar-refractivity contribution in [2.75, 3.05) is 5.75 Å². The summed E-state index contributed by atoms with van der Waals surface area (Å²) in [6.07, 6.45) is -1.23. The molecule has 2 amide bonds. The first-order valence-corrected chi connectivity index (χ1v) is 8.21. The summed E-state index contributed by atoms with van der Waals surface area (Å²) in [6, 6.07) is 5.06. The standard InChI is InChI=1S/C15H16N2O5S/c1-7(18)11(15(21)22)16-12(19)10-6-23-14-9-5-3-2-4-8(9)13(20)17(10)14/h2-5,7,10-11,14,18H,6H2,1H3,(H,16,19)(H,21,22)/t7-,10-,11+,14+/m1/s1. The van der Waals surface area contributed by atoms with Gasteiger partial charge in [0.2, 0.25) is 5.91 Å². The Labute approximate surface area is 136 Å². The third-order valence-electron chi connectivity index (χ3n) is 4.04. The van der Waals surface area contributed by atoms with E-state index >= 15 is 0 Å². The van der Waals surface area contributed by atoms with Gasteiger partial charge < -0.3 is 20.4 Å². The van der Waals surface area contributed by atoms with Crippen LogP contribution in [0, 0.1) is 0 Å². The van der Waals surface area contributed by atoms with Crippen molar-refractivity contribution >= 4 is 29.5 Å². The van der Waals surface area contributed by atoms with Crippen molar-refractivity contribution in [3.63, 3.8) is 0 Å². The first-order chi connectivity index (χ1) is 10.9. The van der Waals surface area contributed by atoms with Crippen LogP contribution >= 0.6 is 11.8 Å². The van der Waals surface area contributed by atoms with Gasteiger partial charge in [0.05, 0.1) is 6.10 Å². The van der Waals surface area contributed by atoms with E-state index in [4.69, 9.17) is 5.11 Å². The van der Waals surface area contributed by atoms with Gasteiger partial charge in [0.25, 0.3) is 5.91 Å². The Kier molecular flexibility index (Phi) is 4.03. The largest absolute Gasteiger partial charge is 0.480 e. The highest BCUT2D eigenvalue weighted by atomic mass is 32.2. The predicted molar refractivity (Wildman–Crippen MR) is 82.8 cm³/mol. The Morgan fingerprint density at radius 3 is 2.74 bits per heavy atom. The van der Waals surface area contributed by atoms with Crippen molar-refractivity contribution in [1.82, 2.24) is 10.2 Å². The number of nitrogens with zero attached hydrogens (tertiary/aromatic N) is 1. The highest BCUT2D eigenvalue weighted by molar-refractivity contribution is 7.99. The van der Waals surface area contributed by atoms with Crippen molar-refractivity contribution in [2.45, 2.75) is 30.5 Å². The van der Waals surface area contributed by atoms with Crippen molar-refractivity contribution in [3.8, 4) is 0 Å². The number of fused-ring (bicyclic) bond motifs is 3. The van der Waals surface area contributed by atoms with Gasteiger partial charge in [-0.3, -0.25) is 9.59 Å². The number of hydrogen-bond acceptors (Lipinski definition) is 5. The van der Waals surface area contributed by atoms with Gasteiger partial charge in [0.1, 0.15) is 11.4 Å². The molecule has 8 heteroatoms. The lowest BCUT2D eigenvalue weighted by atomic mass is 10.1. The number of carboxylic acids is 1. The summed E-state index contributed by atoms with van der Waals surface area (Å²) in [5.41, 5.74) is 1.45. The van der Waals surface area contributed by atoms with Crippen LogP contribution in [0.1, 0.15) is 28.2 Å². The van der Waals surface area contributed by atoms with Crippen molar-refractivity contribution in [3.05, 3.63) is 35.4 Å². The quantitative estimate of drug-likeness (QED) is 0.725. The summed E-state index contributed by atoms with van der Waals surface area (Å²) < 4.78 is 0. The molecule has 1 fully saturated rings. The molecule has 3 N–H and O–H groups in total. The van der Waals surface area contributed by atoms with Crippen LogP contribution in [0.15, 0.2) is 24.3 Å². The van der Waals surface area contributed by atoms with Crippen LogP contribution in [-0.4, -0.2) is 56.8 Å². The van der Waals surface area contributed by atoms with Crippen LogP contribution < -0.4 is 5.32 Å². The van der Waals surface area contributed by atoms with E-state index in [1.54, 1.807) is 12.1 Å². The van der Waals surface area contributed by atoms with Gasteiger partial charge in [0, 0.05) is 11.3 Å². The van der Waals surface area contributed by atoms with Crippen LogP contribution in [0.5, 0.6) is 0 Å². The van der Waals surface area contributed by atoms with Crippen LogP contribution in [0.3, 0.4) is 0 Å². The number of rotatable bonds is 4. The fourth-order valence-electron chi connectivity index (χ4n) is 2.88. The van der Waals surface area contributed by atoms with Crippen LogP contribution in [0.25, 0.3) is 0 Å². The summed E-state index contributed by atoms with van der Waals surface area (Å²) in [5.74, 6) is -1.70. The van der Waals surface area contributed by atoms with E-state index in [0.717, 1.165) is 5.56 Å². The first kappa shape index (κ1) is 15.8. The van der Waals surface area contributed by atoms with Gasteiger partial charge in [-0.1, -0.05) is 18.2 Å². The number of thioether (sulfide) groups is 1. The second kappa shape index (κ2) is 5.86. The second-order valence-corrected chi connectivity index (χ2v) is 6.68. The van der Waals surface area contributed by atoms with Gasteiger partial charge >= 0.3 is 5.97 Å². The topological polar surface area (TPSA) is 107 Å². The number of aliphatic hydroxyl groups is 1. The molecule has 0 unspecified atom stereocenters. The minimum Gasteiger partial charge on any atom is -0.480 e. The summed E-state index contributed by atoms with van der Waals surface area (Å²) in [7, 11) is 0. The van der Waals surface area contributed by atoms with E-state index in [-0.39, 0.29) is 11.3 Å². The minimum absolute atomic E-state index is 0.218. The number of carbonyl (C=O) groups is 3. The van der Waals surface area contributed by atoms with Gasteiger partial charge in [-0.15, -0.1) is 11.8 Å². The Balaban J connectivity index is 1.80. The lowest BCUT2D eigenvalue weighted by Gasteiger charge is -2.25. The fraction of sp³-hybridized carbons (Fsp3) is 0.400. The van der Waals surface area contributed by atoms with E-state index in [1.165, 1.54) is 23.6 Å². The van der Waals surface area contributed by atoms with E-state index in [9.17, 15) is 19.5 Å². The molecule has 0 aliphatic carbocycles. The van der Waals surface area contributed by atoms with Gasteiger partial charge in [0.15, 0.2) is 6.04 Å². The lowest BCUT2D eigenvalue weighted by Crippen LogP contribution is -2.54. The number of amides is 2. The molecule has 3 rings (SSSR count). The molecule has 2 heterocycles. The summed E-state index contributed by atoms with van der Waals surface area (Å²) in [4.78, 5) is 37.5. The van der Waals surface area contributed by atoms with E-state index in [1.807, 2.05) is 12.1 Å². The van der Waals surface area contributed by atoms with Gasteiger partial charge in [-0.25, -0.2) is 4.79 Å². The number of aliphatic carboxylic acids is 1. The highest BCUT2D eigenvalue weighted by Crippen LogP contribution is 2.48. The Morgan fingerprint density at radius 2 is 2.09 bits per heavy atom.